The van der Waals surface area contributed by atoms with Crippen LogP contribution >= 0.6 is 12.2 Å². The fourth-order valence-corrected chi connectivity index (χ4v) is 2.36. The molecule has 0 heterocycles. The Morgan fingerprint density at radius 2 is 1.80 bits per heavy atom. The van der Waals surface area contributed by atoms with Gasteiger partial charge in [-0.1, -0.05) is 12.1 Å². The molecule has 2 aromatic rings. The quantitative estimate of drug-likeness (QED) is 0.612. The van der Waals surface area contributed by atoms with Crippen molar-refractivity contribution in [2.45, 2.75) is 13.8 Å². The van der Waals surface area contributed by atoms with E-state index in [0.717, 1.165) is 16.8 Å². The summed E-state index contributed by atoms with van der Waals surface area (Å²) in [4.78, 5) is 12.3. The summed E-state index contributed by atoms with van der Waals surface area (Å²) in [6, 6.07) is 12.8. The van der Waals surface area contributed by atoms with E-state index in [1.807, 2.05) is 32.0 Å². The van der Waals surface area contributed by atoms with E-state index in [2.05, 4.69) is 10.6 Å². The van der Waals surface area contributed by atoms with Gasteiger partial charge in [0.2, 0.25) is 0 Å². The predicted molar refractivity (Wildman–Crippen MR) is 103 cm³/mol. The Bertz CT molecular complexity index is 745. The van der Waals surface area contributed by atoms with Gasteiger partial charge in [-0.2, -0.15) is 0 Å². The van der Waals surface area contributed by atoms with Crippen molar-refractivity contribution in [2.75, 3.05) is 25.6 Å². The Morgan fingerprint density at radius 1 is 1.08 bits per heavy atom. The number of hydrogen-bond acceptors (Lipinski definition) is 4. The molecule has 0 aromatic heterocycles. The van der Waals surface area contributed by atoms with Crippen LogP contribution in [0.15, 0.2) is 42.5 Å². The topological polar surface area (TPSA) is 59.6 Å². The lowest BCUT2D eigenvalue weighted by Crippen LogP contribution is -2.34. The number of anilines is 1. The molecule has 0 atom stereocenters. The third-order valence-corrected chi connectivity index (χ3v) is 3.96. The van der Waals surface area contributed by atoms with E-state index in [0.29, 0.717) is 24.5 Å². The van der Waals surface area contributed by atoms with Crippen LogP contribution in [0.4, 0.5) is 5.69 Å². The zero-order chi connectivity index (χ0) is 18.2. The molecule has 2 rings (SSSR count). The first-order valence-electron chi connectivity index (χ1n) is 7.91. The SMILES string of the molecule is COCCOc1ccc(C(=O)NC(=S)Nc2cccc(C)c2C)cc1. The van der Waals surface area contributed by atoms with Crippen molar-refractivity contribution < 1.29 is 14.3 Å². The number of rotatable bonds is 6. The molecule has 25 heavy (non-hydrogen) atoms. The summed E-state index contributed by atoms with van der Waals surface area (Å²) >= 11 is 5.23. The van der Waals surface area contributed by atoms with E-state index < -0.39 is 0 Å². The summed E-state index contributed by atoms with van der Waals surface area (Å²) < 4.78 is 10.4. The zero-order valence-corrected chi connectivity index (χ0v) is 15.4. The molecule has 0 radical (unpaired) electrons. The average molecular weight is 358 g/mol. The predicted octanol–water partition coefficient (Wildman–Crippen LogP) is 3.46. The molecule has 0 bridgehead atoms. The average Bonchev–Trinajstić information content (AvgIpc) is 2.59. The zero-order valence-electron chi connectivity index (χ0n) is 14.6. The van der Waals surface area contributed by atoms with Crippen LogP contribution in [-0.2, 0) is 4.74 Å². The number of benzene rings is 2. The Balaban J connectivity index is 1.92. The standard InChI is InChI=1S/C19H22N2O3S/c1-13-5-4-6-17(14(13)2)20-19(25)21-18(22)15-7-9-16(10-8-15)24-12-11-23-3/h4-10H,11-12H2,1-3H3,(H2,20,21,22,25). The number of hydrogen-bond donors (Lipinski definition) is 2. The lowest BCUT2D eigenvalue weighted by atomic mass is 10.1. The molecule has 5 nitrogen and oxygen atoms in total. The maximum absolute atomic E-state index is 12.3. The molecule has 0 fully saturated rings. The minimum atomic E-state index is -0.272. The normalized spacial score (nSPS) is 10.2. The van der Waals surface area contributed by atoms with Crippen LogP contribution in [0.1, 0.15) is 21.5 Å². The van der Waals surface area contributed by atoms with E-state index in [1.165, 1.54) is 0 Å². The summed E-state index contributed by atoms with van der Waals surface area (Å²) in [7, 11) is 1.62. The van der Waals surface area contributed by atoms with Crippen molar-refractivity contribution in [3.8, 4) is 5.75 Å². The molecular weight excluding hydrogens is 336 g/mol. The number of ether oxygens (including phenoxy) is 2. The largest absolute Gasteiger partial charge is 0.491 e. The number of carbonyl (C=O) groups is 1. The van der Waals surface area contributed by atoms with Gasteiger partial charge in [0.15, 0.2) is 5.11 Å². The molecule has 0 aliphatic heterocycles. The van der Waals surface area contributed by atoms with Crippen LogP contribution in [0.3, 0.4) is 0 Å². The lowest BCUT2D eigenvalue weighted by molar-refractivity contribution is 0.0977. The van der Waals surface area contributed by atoms with Gasteiger partial charge in [0, 0.05) is 18.4 Å². The van der Waals surface area contributed by atoms with Gasteiger partial charge >= 0.3 is 0 Å². The van der Waals surface area contributed by atoms with Crippen molar-refractivity contribution in [3.05, 3.63) is 59.2 Å². The van der Waals surface area contributed by atoms with Gasteiger partial charge in [0.1, 0.15) is 12.4 Å². The van der Waals surface area contributed by atoms with Crippen LogP contribution in [0.25, 0.3) is 0 Å². The fourth-order valence-electron chi connectivity index (χ4n) is 2.16. The van der Waals surface area contributed by atoms with Crippen LogP contribution in [0.5, 0.6) is 5.75 Å². The molecule has 2 aromatic carbocycles. The van der Waals surface area contributed by atoms with Crippen LogP contribution in [-0.4, -0.2) is 31.3 Å². The molecule has 1 amide bonds. The highest BCUT2D eigenvalue weighted by atomic mass is 32.1. The first kappa shape index (κ1) is 18.9. The second-order valence-corrected chi connectivity index (χ2v) is 5.93. The molecule has 0 saturated heterocycles. The Labute approximate surface area is 153 Å². The first-order chi connectivity index (χ1) is 12.0. The lowest BCUT2D eigenvalue weighted by Gasteiger charge is -2.13. The molecule has 0 unspecified atom stereocenters. The van der Waals surface area contributed by atoms with E-state index >= 15 is 0 Å². The van der Waals surface area contributed by atoms with E-state index in [9.17, 15) is 4.79 Å². The van der Waals surface area contributed by atoms with Gasteiger partial charge in [-0.3, -0.25) is 10.1 Å². The number of thiocarbonyl (C=S) groups is 1. The molecule has 6 heteroatoms. The Morgan fingerprint density at radius 3 is 2.48 bits per heavy atom. The Hall–Kier alpha value is -2.44. The van der Waals surface area contributed by atoms with Crippen molar-refractivity contribution in [1.29, 1.82) is 0 Å². The fraction of sp³-hybridized carbons (Fsp3) is 0.263. The molecule has 0 spiro atoms. The van der Waals surface area contributed by atoms with Gasteiger partial charge < -0.3 is 14.8 Å². The van der Waals surface area contributed by atoms with Gasteiger partial charge in [-0.05, 0) is 67.5 Å². The minimum Gasteiger partial charge on any atom is -0.491 e. The third-order valence-electron chi connectivity index (χ3n) is 3.75. The van der Waals surface area contributed by atoms with Crippen molar-refractivity contribution in [3.63, 3.8) is 0 Å². The smallest absolute Gasteiger partial charge is 0.257 e. The summed E-state index contributed by atoms with van der Waals surface area (Å²) in [5, 5.41) is 6.01. The van der Waals surface area contributed by atoms with Gasteiger partial charge in [0.05, 0.1) is 6.61 Å². The van der Waals surface area contributed by atoms with Crippen LogP contribution in [0, 0.1) is 13.8 Å². The summed E-state index contributed by atoms with van der Waals surface area (Å²) in [5.41, 5.74) is 3.64. The van der Waals surface area contributed by atoms with E-state index in [4.69, 9.17) is 21.7 Å². The molecule has 0 saturated carbocycles. The third kappa shape index (κ3) is 5.55. The van der Waals surface area contributed by atoms with E-state index in [1.54, 1.807) is 31.4 Å². The number of nitrogens with one attached hydrogen (secondary N) is 2. The van der Waals surface area contributed by atoms with Crippen molar-refractivity contribution in [1.82, 2.24) is 5.32 Å². The molecule has 0 aliphatic rings. The van der Waals surface area contributed by atoms with Crippen LogP contribution < -0.4 is 15.4 Å². The highest BCUT2D eigenvalue weighted by Crippen LogP contribution is 2.18. The monoisotopic (exact) mass is 358 g/mol. The van der Waals surface area contributed by atoms with Crippen molar-refractivity contribution in [2.24, 2.45) is 0 Å². The molecule has 132 valence electrons. The maximum atomic E-state index is 12.3. The van der Waals surface area contributed by atoms with Crippen LogP contribution in [0.2, 0.25) is 0 Å². The molecule has 0 aliphatic carbocycles. The first-order valence-corrected chi connectivity index (χ1v) is 8.32. The van der Waals surface area contributed by atoms with E-state index in [-0.39, 0.29) is 11.0 Å². The van der Waals surface area contributed by atoms with Crippen molar-refractivity contribution >= 4 is 28.9 Å². The Kier molecular flexibility index (Phi) is 6.91. The van der Waals surface area contributed by atoms with Gasteiger partial charge in [-0.15, -0.1) is 0 Å². The highest BCUT2D eigenvalue weighted by molar-refractivity contribution is 7.80. The number of amides is 1. The molecule has 2 N–H and O–H groups in total. The highest BCUT2D eigenvalue weighted by Gasteiger charge is 2.09. The minimum absolute atomic E-state index is 0.263. The number of aryl methyl sites for hydroxylation is 1. The summed E-state index contributed by atoms with van der Waals surface area (Å²) in [6.45, 7) is 5.01. The van der Waals surface area contributed by atoms with Gasteiger partial charge in [-0.25, -0.2) is 0 Å². The maximum Gasteiger partial charge on any atom is 0.257 e. The second-order valence-electron chi connectivity index (χ2n) is 5.52. The molecular formula is C19H22N2O3S. The summed E-state index contributed by atoms with van der Waals surface area (Å²) in [6.07, 6.45) is 0. The number of methoxy groups -OCH3 is 1. The second kappa shape index (κ2) is 9.15. The summed E-state index contributed by atoms with van der Waals surface area (Å²) in [5.74, 6) is 0.413. The van der Waals surface area contributed by atoms with Gasteiger partial charge in [0.25, 0.3) is 5.91 Å². The number of carbonyl (C=O) groups excluding carboxylic acids is 1.